The third-order valence-electron chi connectivity index (χ3n) is 5.70. The molecule has 2 bridgehead atoms. The molecular weight excluding hydrogens is 358 g/mol. The fourth-order valence-corrected chi connectivity index (χ4v) is 6.04. The van der Waals surface area contributed by atoms with Gasteiger partial charge in [0, 0.05) is 24.9 Å². The van der Waals surface area contributed by atoms with Crippen LogP contribution in [0.4, 0.5) is 0 Å². The molecule has 5 nitrogen and oxygen atoms in total. The van der Waals surface area contributed by atoms with E-state index in [0.717, 1.165) is 12.8 Å². The quantitative estimate of drug-likeness (QED) is 0.654. The number of carbonyl (C=O) groups is 1. The summed E-state index contributed by atoms with van der Waals surface area (Å²) in [5, 5.41) is 15.0. The summed E-state index contributed by atoms with van der Waals surface area (Å²) in [7, 11) is 2.12. The van der Waals surface area contributed by atoms with Crippen LogP contribution in [-0.4, -0.2) is 53.4 Å². The molecule has 3 fully saturated rings. The molecule has 3 aliphatic heterocycles. The molecule has 2 aromatic rings. The van der Waals surface area contributed by atoms with Crippen molar-refractivity contribution in [3.63, 3.8) is 0 Å². The summed E-state index contributed by atoms with van der Waals surface area (Å²) in [6.07, 6.45) is 1.97. The largest absolute Gasteiger partial charge is 0.460 e. The van der Waals surface area contributed by atoms with Crippen LogP contribution in [-0.2, 0) is 19.9 Å². The van der Waals surface area contributed by atoms with Crippen molar-refractivity contribution >= 4 is 28.6 Å². The van der Waals surface area contributed by atoms with Gasteiger partial charge in [0.05, 0.1) is 9.75 Å². The van der Waals surface area contributed by atoms with Crippen molar-refractivity contribution in [3.05, 3.63) is 44.8 Å². The number of piperidine rings is 1. The minimum absolute atomic E-state index is 0.165. The fraction of sp³-hybridized carbons (Fsp3) is 0.500. The molecule has 5 rings (SSSR count). The number of aliphatic hydroxyl groups is 1. The monoisotopic (exact) mass is 377 g/mol. The number of ether oxygens (including phenoxy) is 2. The summed E-state index contributed by atoms with van der Waals surface area (Å²) in [6, 6.07) is 7.88. The predicted molar refractivity (Wildman–Crippen MR) is 94.8 cm³/mol. The molecule has 5 atom stereocenters. The molecule has 0 aliphatic carbocycles. The Labute approximate surface area is 153 Å². The molecule has 0 aromatic carbocycles. The molecule has 3 aliphatic rings. The van der Waals surface area contributed by atoms with Gasteiger partial charge in [-0.05, 0) is 29.9 Å². The van der Waals surface area contributed by atoms with Gasteiger partial charge in [-0.2, -0.15) is 0 Å². The van der Waals surface area contributed by atoms with Crippen LogP contribution in [0.2, 0.25) is 0 Å². The van der Waals surface area contributed by atoms with E-state index in [0.29, 0.717) is 34.0 Å². The van der Waals surface area contributed by atoms with Gasteiger partial charge >= 0.3 is 5.97 Å². The van der Waals surface area contributed by atoms with Gasteiger partial charge in [-0.25, -0.2) is 4.79 Å². The number of fused-ring (bicyclic) bond motifs is 5. The van der Waals surface area contributed by atoms with Crippen molar-refractivity contribution in [2.24, 2.45) is 0 Å². The number of hydrogen-bond donors (Lipinski definition) is 1. The van der Waals surface area contributed by atoms with Crippen molar-refractivity contribution in [1.82, 2.24) is 4.90 Å². The Hall–Kier alpha value is -1.25. The van der Waals surface area contributed by atoms with Crippen molar-refractivity contribution in [2.45, 2.75) is 48.8 Å². The number of carbonyl (C=O) groups excluding carboxylic acids is 1. The fourth-order valence-electron chi connectivity index (χ4n) is 4.32. The summed E-state index contributed by atoms with van der Waals surface area (Å²) < 4.78 is 11.5. The average Bonchev–Trinajstić information content (AvgIpc) is 2.97. The summed E-state index contributed by atoms with van der Waals surface area (Å²) in [4.78, 5) is 16.6. The smallest absolute Gasteiger partial charge is 0.349 e. The second-order valence-corrected chi connectivity index (χ2v) is 8.92. The summed E-state index contributed by atoms with van der Waals surface area (Å²) in [5.41, 5.74) is -1.72. The highest BCUT2D eigenvalue weighted by atomic mass is 32.1. The van der Waals surface area contributed by atoms with E-state index in [1.54, 1.807) is 12.1 Å². The predicted octanol–water partition coefficient (Wildman–Crippen LogP) is 2.20. The van der Waals surface area contributed by atoms with Crippen LogP contribution in [0.3, 0.4) is 0 Å². The third-order valence-corrected chi connectivity index (χ3v) is 7.66. The number of likely N-dealkylation sites (N-methyl/N-ethyl adjacent to an activating group) is 1. The highest BCUT2D eigenvalue weighted by Crippen LogP contribution is 2.48. The maximum Gasteiger partial charge on any atom is 0.349 e. The molecule has 7 heteroatoms. The van der Waals surface area contributed by atoms with Crippen LogP contribution >= 0.6 is 22.7 Å². The van der Waals surface area contributed by atoms with Crippen LogP contribution < -0.4 is 0 Å². The first-order valence-corrected chi connectivity index (χ1v) is 10.2. The molecule has 3 saturated heterocycles. The number of nitrogens with zero attached hydrogens (tertiary/aromatic N) is 1. The Kier molecular flexibility index (Phi) is 3.59. The molecule has 2 aromatic heterocycles. The maximum atomic E-state index is 13.0. The highest BCUT2D eigenvalue weighted by Gasteiger charge is 2.63. The first-order chi connectivity index (χ1) is 12.1. The first kappa shape index (κ1) is 16.0. The van der Waals surface area contributed by atoms with E-state index >= 15 is 0 Å². The first-order valence-electron chi connectivity index (χ1n) is 8.48. The molecule has 0 amide bonds. The zero-order valence-electron chi connectivity index (χ0n) is 13.7. The minimum Gasteiger partial charge on any atom is -0.460 e. The Bertz CT molecular complexity index is 723. The molecular formula is C18H19NO4S2. The summed E-state index contributed by atoms with van der Waals surface area (Å²) in [5.74, 6) is -0.569. The number of epoxide rings is 1. The lowest BCUT2D eigenvalue weighted by atomic mass is 9.97. The lowest BCUT2D eigenvalue weighted by Gasteiger charge is -2.38. The zero-order chi connectivity index (χ0) is 17.2. The minimum atomic E-state index is -1.72. The second kappa shape index (κ2) is 5.62. The topological polar surface area (TPSA) is 62.3 Å². The molecule has 5 heterocycles. The Morgan fingerprint density at radius 2 is 1.76 bits per heavy atom. The van der Waals surface area contributed by atoms with Crippen LogP contribution in [0, 0.1) is 0 Å². The van der Waals surface area contributed by atoms with Gasteiger partial charge in [-0.3, -0.25) is 4.90 Å². The lowest BCUT2D eigenvalue weighted by molar-refractivity contribution is -0.171. The van der Waals surface area contributed by atoms with E-state index in [1.165, 1.54) is 22.7 Å². The van der Waals surface area contributed by atoms with Crippen LogP contribution in [0.25, 0.3) is 0 Å². The van der Waals surface area contributed by atoms with Gasteiger partial charge in [-0.15, -0.1) is 22.7 Å². The van der Waals surface area contributed by atoms with Crippen molar-refractivity contribution < 1.29 is 19.4 Å². The number of morpholine rings is 1. The third kappa shape index (κ3) is 2.34. The SMILES string of the molecule is CN1[C@H]2CC(OC(=O)C(O)(c3cccs3)c3cccs3)C[C@H]1[C@H]1O[C@H]12. The lowest BCUT2D eigenvalue weighted by Crippen LogP contribution is -2.49. The summed E-state index contributed by atoms with van der Waals surface area (Å²) in [6.45, 7) is 0. The molecule has 0 spiro atoms. The van der Waals surface area contributed by atoms with Gasteiger partial charge in [0.2, 0.25) is 5.60 Å². The number of thiophene rings is 2. The Balaban J connectivity index is 1.39. The van der Waals surface area contributed by atoms with E-state index in [9.17, 15) is 9.90 Å². The number of rotatable bonds is 4. The average molecular weight is 377 g/mol. The van der Waals surface area contributed by atoms with Gasteiger partial charge < -0.3 is 14.6 Å². The Morgan fingerprint density at radius 1 is 1.20 bits per heavy atom. The van der Waals surface area contributed by atoms with Gasteiger partial charge in [0.1, 0.15) is 18.3 Å². The van der Waals surface area contributed by atoms with Crippen LogP contribution in [0.15, 0.2) is 35.0 Å². The van der Waals surface area contributed by atoms with E-state index in [2.05, 4.69) is 11.9 Å². The molecule has 132 valence electrons. The zero-order valence-corrected chi connectivity index (χ0v) is 15.3. The molecule has 0 saturated carbocycles. The molecule has 25 heavy (non-hydrogen) atoms. The van der Waals surface area contributed by atoms with Gasteiger partial charge in [-0.1, -0.05) is 12.1 Å². The standard InChI is InChI=1S/C18H19NO4S2/c1-19-11-8-10(9-12(19)16-15(11)23-16)22-17(20)18(21,13-4-2-6-24-13)14-5-3-7-25-14/h2-7,10-12,15-16,21H,8-9H2,1H3/t10?,11-,12-,15-,16+/m0/s1. The van der Waals surface area contributed by atoms with E-state index in [4.69, 9.17) is 9.47 Å². The molecule has 1 N–H and O–H groups in total. The van der Waals surface area contributed by atoms with Crippen molar-refractivity contribution in [2.75, 3.05) is 7.05 Å². The normalized spacial score (nSPS) is 33.9. The highest BCUT2D eigenvalue weighted by molar-refractivity contribution is 7.12. The second-order valence-electron chi connectivity index (χ2n) is 7.03. The van der Waals surface area contributed by atoms with Gasteiger partial charge in [0.15, 0.2) is 0 Å². The Morgan fingerprint density at radius 3 is 2.24 bits per heavy atom. The number of hydrogen-bond acceptors (Lipinski definition) is 7. The van der Waals surface area contributed by atoms with Crippen molar-refractivity contribution in [3.8, 4) is 0 Å². The van der Waals surface area contributed by atoms with Crippen LogP contribution in [0.1, 0.15) is 22.6 Å². The van der Waals surface area contributed by atoms with E-state index < -0.39 is 11.6 Å². The van der Waals surface area contributed by atoms with E-state index in [-0.39, 0.29) is 6.10 Å². The van der Waals surface area contributed by atoms with E-state index in [1.807, 2.05) is 22.9 Å². The number of esters is 1. The molecule has 1 unspecified atom stereocenters. The van der Waals surface area contributed by atoms with Crippen molar-refractivity contribution in [1.29, 1.82) is 0 Å². The maximum absolute atomic E-state index is 13.0. The van der Waals surface area contributed by atoms with Crippen LogP contribution in [0.5, 0.6) is 0 Å². The molecule has 0 radical (unpaired) electrons. The van der Waals surface area contributed by atoms with Gasteiger partial charge in [0.25, 0.3) is 0 Å². The summed E-state index contributed by atoms with van der Waals surface area (Å²) >= 11 is 2.73.